The van der Waals surface area contributed by atoms with Gasteiger partial charge in [-0.05, 0) is 49.1 Å². The van der Waals surface area contributed by atoms with Gasteiger partial charge in [-0.2, -0.15) is 8.78 Å². The van der Waals surface area contributed by atoms with Crippen molar-refractivity contribution in [2.24, 2.45) is 5.92 Å². The topological polar surface area (TPSA) is 12.5 Å². The monoisotopic (exact) mass is 333 g/mol. The molecule has 130 valence electrons. The Kier molecular flexibility index (Phi) is 5.04. The second-order valence-corrected chi connectivity index (χ2v) is 6.98. The van der Waals surface area contributed by atoms with Crippen LogP contribution in [0.2, 0.25) is 0 Å². The number of hydrogen-bond donors (Lipinski definition) is 0. The third-order valence-electron chi connectivity index (χ3n) is 5.39. The van der Waals surface area contributed by atoms with Crippen LogP contribution >= 0.6 is 0 Å². The van der Waals surface area contributed by atoms with Crippen LogP contribution in [0, 0.1) is 5.92 Å². The fourth-order valence-corrected chi connectivity index (χ4v) is 4.44. The average Bonchev–Trinajstić information content (AvgIpc) is 2.54. The molecule has 2 aliphatic carbocycles. The molecule has 0 aromatic heterocycles. The SMILES string of the molecule is C=CCN(C)CC12CCCCC1C=Cc1ccc(OC(F)F)cc12. The van der Waals surface area contributed by atoms with E-state index < -0.39 is 6.61 Å². The molecule has 0 saturated heterocycles. The molecule has 0 radical (unpaired) electrons. The lowest BCUT2D eigenvalue weighted by Crippen LogP contribution is -2.47. The third kappa shape index (κ3) is 3.25. The standard InChI is InChI=1S/C20H25F2NO/c1-3-12-23(2)14-20-11-5-4-6-16(20)9-7-15-8-10-17(13-18(15)20)24-19(21)22/h3,7-10,13,16,19H,1,4-6,11-12,14H2,2H3. The first-order chi connectivity index (χ1) is 11.5. The van der Waals surface area contributed by atoms with E-state index in [0.29, 0.717) is 5.92 Å². The molecule has 24 heavy (non-hydrogen) atoms. The molecule has 2 nitrogen and oxygen atoms in total. The van der Waals surface area contributed by atoms with Gasteiger partial charge < -0.3 is 9.64 Å². The number of halogens is 2. The number of benzene rings is 1. The summed E-state index contributed by atoms with van der Waals surface area (Å²) in [5.74, 6) is 0.710. The van der Waals surface area contributed by atoms with Crippen LogP contribution in [0.5, 0.6) is 5.75 Å². The lowest BCUT2D eigenvalue weighted by atomic mass is 9.59. The Morgan fingerprint density at radius 1 is 1.42 bits per heavy atom. The van der Waals surface area contributed by atoms with E-state index in [1.54, 1.807) is 6.07 Å². The fraction of sp³-hybridized carbons (Fsp3) is 0.500. The van der Waals surface area contributed by atoms with Crippen LogP contribution in [0.3, 0.4) is 0 Å². The van der Waals surface area contributed by atoms with E-state index in [9.17, 15) is 8.78 Å². The predicted molar refractivity (Wildman–Crippen MR) is 93.4 cm³/mol. The molecule has 1 aromatic rings. The summed E-state index contributed by atoms with van der Waals surface area (Å²) in [6, 6.07) is 5.38. The summed E-state index contributed by atoms with van der Waals surface area (Å²) in [6.45, 7) is 2.76. The highest BCUT2D eigenvalue weighted by Crippen LogP contribution is 2.49. The van der Waals surface area contributed by atoms with Gasteiger partial charge >= 0.3 is 6.61 Å². The highest BCUT2D eigenvalue weighted by atomic mass is 19.3. The van der Waals surface area contributed by atoms with Gasteiger partial charge in [0.2, 0.25) is 0 Å². The molecule has 2 aliphatic rings. The van der Waals surface area contributed by atoms with Crippen molar-refractivity contribution in [3.05, 3.63) is 48.1 Å². The first-order valence-corrected chi connectivity index (χ1v) is 8.62. The van der Waals surface area contributed by atoms with Crippen LogP contribution in [-0.4, -0.2) is 31.6 Å². The van der Waals surface area contributed by atoms with E-state index in [0.717, 1.165) is 37.1 Å². The minimum Gasteiger partial charge on any atom is -0.435 e. The minimum absolute atomic E-state index is 0.0262. The quantitative estimate of drug-likeness (QED) is 0.689. The molecule has 3 rings (SSSR count). The maximum absolute atomic E-state index is 12.6. The molecule has 0 N–H and O–H groups in total. The Balaban J connectivity index is 2.02. The maximum atomic E-state index is 12.6. The number of fused-ring (bicyclic) bond motifs is 3. The van der Waals surface area contributed by atoms with E-state index in [2.05, 4.69) is 35.4 Å². The maximum Gasteiger partial charge on any atom is 0.387 e. The van der Waals surface area contributed by atoms with Crippen molar-refractivity contribution in [1.29, 1.82) is 0 Å². The van der Waals surface area contributed by atoms with Crippen molar-refractivity contribution in [2.75, 3.05) is 20.1 Å². The van der Waals surface area contributed by atoms with E-state index in [-0.39, 0.29) is 11.2 Å². The molecular weight excluding hydrogens is 308 g/mol. The second-order valence-electron chi connectivity index (χ2n) is 6.98. The Morgan fingerprint density at radius 2 is 2.25 bits per heavy atom. The molecule has 2 unspecified atom stereocenters. The molecule has 1 fully saturated rings. The van der Waals surface area contributed by atoms with Gasteiger partial charge in [0.05, 0.1) is 0 Å². The Bertz CT molecular complexity index is 628. The van der Waals surface area contributed by atoms with Crippen LogP contribution in [0.1, 0.15) is 36.8 Å². The highest BCUT2D eigenvalue weighted by Gasteiger charge is 2.44. The van der Waals surface area contributed by atoms with Crippen LogP contribution in [0.25, 0.3) is 6.08 Å². The summed E-state index contributed by atoms with van der Waals surface area (Å²) in [4.78, 5) is 2.27. The molecule has 2 atom stereocenters. The molecule has 0 heterocycles. The average molecular weight is 333 g/mol. The Hall–Kier alpha value is -1.68. The van der Waals surface area contributed by atoms with Gasteiger partial charge in [0.25, 0.3) is 0 Å². The van der Waals surface area contributed by atoms with Gasteiger partial charge in [-0.25, -0.2) is 0 Å². The molecule has 1 aromatic carbocycles. The van der Waals surface area contributed by atoms with Crippen molar-refractivity contribution >= 4 is 6.08 Å². The molecule has 0 amide bonds. The van der Waals surface area contributed by atoms with Gasteiger partial charge in [-0.1, -0.05) is 37.1 Å². The van der Waals surface area contributed by atoms with Crippen molar-refractivity contribution < 1.29 is 13.5 Å². The minimum atomic E-state index is -2.79. The summed E-state index contributed by atoms with van der Waals surface area (Å²) in [5.41, 5.74) is 2.26. The van der Waals surface area contributed by atoms with Gasteiger partial charge in [0.15, 0.2) is 0 Å². The number of nitrogens with zero attached hydrogens (tertiary/aromatic N) is 1. The lowest BCUT2D eigenvalue weighted by Gasteiger charge is -2.48. The summed E-state index contributed by atoms with van der Waals surface area (Å²) < 4.78 is 29.9. The van der Waals surface area contributed by atoms with Crippen molar-refractivity contribution in [3.63, 3.8) is 0 Å². The normalized spacial score (nSPS) is 25.5. The second kappa shape index (κ2) is 7.06. The zero-order chi connectivity index (χ0) is 17.2. The predicted octanol–water partition coefficient (Wildman–Crippen LogP) is 4.86. The van der Waals surface area contributed by atoms with Crippen LogP contribution in [0.15, 0.2) is 36.9 Å². The van der Waals surface area contributed by atoms with Crippen molar-refractivity contribution in [3.8, 4) is 5.75 Å². The highest BCUT2D eigenvalue weighted by molar-refractivity contribution is 5.62. The van der Waals surface area contributed by atoms with E-state index in [4.69, 9.17) is 0 Å². The van der Waals surface area contributed by atoms with Crippen molar-refractivity contribution in [1.82, 2.24) is 4.90 Å². The third-order valence-corrected chi connectivity index (χ3v) is 5.39. The van der Waals surface area contributed by atoms with Crippen LogP contribution in [-0.2, 0) is 5.41 Å². The number of alkyl halides is 2. The molecule has 0 spiro atoms. The van der Waals surface area contributed by atoms with Crippen LogP contribution < -0.4 is 4.74 Å². The molecule has 1 saturated carbocycles. The largest absolute Gasteiger partial charge is 0.435 e. The van der Waals surface area contributed by atoms with E-state index >= 15 is 0 Å². The van der Waals surface area contributed by atoms with Gasteiger partial charge in [-0.15, -0.1) is 6.58 Å². The molecular formula is C20H25F2NO. The molecule has 0 bridgehead atoms. The fourth-order valence-electron chi connectivity index (χ4n) is 4.44. The van der Waals surface area contributed by atoms with Gasteiger partial charge in [0, 0.05) is 18.5 Å². The molecule has 4 heteroatoms. The summed E-state index contributed by atoms with van der Waals surface area (Å²) >= 11 is 0. The van der Waals surface area contributed by atoms with Crippen LogP contribution in [0.4, 0.5) is 8.78 Å². The van der Waals surface area contributed by atoms with E-state index in [1.807, 2.05) is 18.2 Å². The number of hydrogen-bond acceptors (Lipinski definition) is 2. The Labute approximate surface area is 142 Å². The Morgan fingerprint density at radius 3 is 3.00 bits per heavy atom. The lowest BCUT2D eigenvalue weighted by molar-refractivity contribution is -0.0499. The zero-order valence-electron chi connectivity index (χ0n) is 14.2. The van der Waals surface area contributed by atoms with Crippen molar-refractivity contribution in [2.45, 2.75) is 37.7 Å². The summed E-state index contributed by atoms with van der Waals surface area (Å²) in [6.07, 6.45) is 11.0. The number of rotatable bonds is 6. The number of likely N-dealkylation sites (N-methyl/N-ethyl adjacent to an activating group) is 1. The number of ether oxygens (including phenoxy) is 1. The summed E-state index contributed by atoms with van der Waals surface area (Å²) in [7, 11) is 2.10. The first-order valence-electron chi connectivity index (χ1n) is 8.62. The molecule has 0 aliphatic heterocycles. The van der Waals surface area contributed by atoms with Gasteiger partial charge in [0.1, 0.15) is 5.75 Å². The number of allylic oxidation sites excluding steroid dienone is 1. The smallest absolute Gasteiger partial charge is 0.387 e. The van der Waals surface area contributed by atoms with E-state index in [1.165, 1.54) is 12.8 Å². The summed E-state index contributed by atoms with van der Waals surface area (Å²) in [5, 5.41) is 0. The first kappa shape index (κ1) is 17.2. The van der Waals surface area contributed by atoms with Gasteiger partial charge in [-0.3, -0.25) is 0 Å². The zero-order valence-corrected chi connectivity index (χ0v) is 14.2.